The topological polar surface area (TPSA) is 44.1 Å². The zero-order valence-electron chi connectivity index (χ0n) is 12.0. The Morgan fingerprint density at radius 3 is 2.74 bits per heavy atom. The van der Waals surface area contributed by atoms with E-state index >= 15 is 0 Å². The minimum absolute atomic E-state index is 0.149. The highest BCUT2D eigenvalue weighted by Gasteiger charge is 2.10. The van der Waals surface area contributed by atoms with Gasteiger partial charge in [0.05, 0.1) is 35.9 Å². The van der Waals surface area contributed by atoms with Gasteiger partial charge < -0.3 is 4.74 Å². The molecular formula is C16H11Cl2FN2O2. The lowest BCUT2D eigenvalue weighted by molar-refractivity contribution is 0.386. The molecule has 0 saturated carbocycles. The van der Waals surface area contributed by atoms with E-state index in [2.05, 4.69) is 4.98 Å². The van der Waals surface area contributed by atoms with E-state index in [0.29, 0.717) is 26.5 Å². The van der Waals surface area contributed by atoms with Gasteiger partial charge in [-0.1, -0.05) is 29.3 Å². The lowest BCUT2D eigenvalue weighted by Crippen LogP contribution is -2.21. The third-order valence-corrected chi connectivity index (χ3v) is 3.92. The molecule has 23 heavy (non-hydrogen) atoms. The van der Waals surface area contributed by atoms with E-state index in [1.165, 1.54) is 42.3 Å². The fourth-order valence-electron chi connectivity index (χ4n) is 2.31. The molecule has 0 unspecified atom stereocenters. The van der Waals surface area contributed by atoms with E-state index < -0.39 is 5.82 Å². The van der Waals surface area contributed by atoms with Gasteiger partial charge in [0, 0.05) is 5.02 Å². The molecule has 7 heteroatoms. The van der Waals surface area contributed by atoms with Crippen LogP contribution in [0.15, 0.2) is 41.5 Å². The van der Waals surface area contributed by atoms with Crippen molar-refractivity contribution in [2.75, 3.05) is 7.11 Å². The maximum Gasteiger partial charge on any atom is 0.261 e. The Bertz CT molecular complexity index is 957. The molecule has 0 fully saturated rings. The lowest BCUT2D eigenvalue weighted by atomic mass is 10.2. The van der Waals surface area contributed by atoms with E-state index in [1.54, 1.807) is 6.07 Å². The summed E-state index contributed by atoms with van der Waals surface area (Å²) >= 11 is 12.0. The van der Waals surface area contributed by atoms with Gasteiger partial charge >= 0.3 is 0 Å². The molecule has 0 spiro atoms. The molecule has 2 aromatic carbocycles. The predicted molar refractivity (Wildman–Crippen MR) is 88.1 cm³/mol. The number of hydrogen-bond donors (Lipinski definition) is 0. The molecule has 118 valence electrons. The molecule has 0 N–H and O–H groups in total. The van der Waals surface area contributed by atoms with Crippen molar-refractivity contribution in [2.24, 2.45) is 0 Å². The van der Waals surface area contributed by atoms with E-state index in [4.69, 9.17) is 27.9 Å². The third kappa shape index (κ3) is 3.02. The van der Waals surface area contributed by atoms with Gasteiger partial charge in [-0.3, -0.25) is 9.36 Å². The van der Waals surface area contributed by atoms with Gasteiger partial charge in [0.1, 0.15) is 0 Å². The zero-order chi connectivity index (χ0) is 16.6. The SMILES string of the molecule is COc1ccc(Cn2cnc3c(Cl)cc(Cl)cc3c2=O)cc1F. The van der Waals surface area contributed by atoms with Gasteiger partial charge in [0.2, 0.25) is 0 Å². The van der Waals surface area contributed by atoms with Crippen LogP contribution in [0.25, 0.3) is 10.9 Å². The first-order chi connectivity index (χ1) is 11.0. The molecule has 0 radical (unpaired) electrons. The molecule has 0 aliphatic heterocycles. The summed E-state index contributed by atoms with van der Waals surface area (Å²) < 4.78 is 20.0. The second-order valence-corrected chi connectivity index (χ2v) is 5.77. The van der Waals surface area contributed by atoms with Crippen LogP contribution in [0.3, 0.4) is 0 Å². The highest BCUT2D eigenvalue weighted by Crippen LogP contribution is 2.24. The van der Waals surface area contributed by atoms with E-state index in [9.17, 15) is 9.18 Å². The number of aromatic nitrogens is 2. The van der Waals surface area contributed by atoms with Crippen LogP contribution < -0.4 is 10.3 Å². The van der Waals surface area contributed by atoms with Crippen molar-refractivity contribution in [3.63, 3.8) is 0 Å². The molecule has 0 aliphatic rings. The van der Waals surface area contributed by atoms with E-state index in [-0.39, 0.29) is 17.9 Å². The molecule has 1 aromatic heterocycles. The van der Waals surface area contributed by atoms with Gasteiger partial charge in [-0.15, -0.1) is 0 Å². The van der Waals surface area contributed by atoms with Crippen molar-refractivity contribution in [1.82, 2.24) is 9.55 Å². The molecule has 0 amide bonds. The molecule has 3 rings (SSSR count). The number of fused-ring (bicyclic) bond motifs is 1. The molecule has 0 bridgehead atoms. The zero-order valence-corrected chi connectivity index (χ0v) is 13.5. The highest BCUT2D eigenvalue weighted by atomic mass is 35.5. The molecule has 4 nitrogen and oxygen atoms in total. The maximum atomic E-state index is 13.7. The van der Waals surface area contributed by atoms with Crippen LogP contribution in [0.1, 0.15) is 5.56 Å². The quantitative estimate of drug-likeness (QED) is 0.717. The number of halogens is 3. The Balaban J connectivity index is 2.06. The first-order valence-corrected chi connectivity index (χ1v) is 7.42. The third-order valence-electron chi connectivity index (χ3n) is 3.41. The van der Waals surface area contributed by atoms with Gasteiger partial charge in [-0.2, -0.15) is 0 Å². The van der Waals surface area contributed by atoms with Gasteiger partial charge in [0.15, 0.2) is 11.6 Å². The van der Waals surface area contributed by atoms with Crippen molar-refractivity contribution in [2.45, 2.75) is 6.54 Å². The monoisotopic (exact) mass is 352 g/mol. The number of rotatable bonds is 3. The normalized spacial score (nSPS) is 11.0. The number of nitrogens with zero attached hydrogens (tertiary/aromatic N) is 2. The fourth-order valence-corrected chi connectivity index (χ4v) is 2.85. The summed E-state index contributed by atoms with van der Waals surface area (Å²) in [7, 11) is 1.39. The number of methoxy groups -OCH3 is 1. The van der Waals surface area contributed by atoms with Crippen LogP contribution in [0.4, 0.5) is 4.39 Å². The van der Waals surface area contributed by atoms with Gasteiger partial charge in [-0.05, 0) is 29.8 Å². The van der Waals surface area contributed by atoms with E-state index in [1.807, 2.05) is 0 Å². The summed E-state index contributed by atoms with van der Waals surface area (Å²) in [6.07, 6.45) is 1.38. The van der Waals surface area contributed by atoms with Crippen LogP contribution in [0, 0.1) is 5.82 Å². The first-order valence-electron chi connectivity index (χ1n) is 6.66. The largest absolute Gasteiger partial charge is 0.494 e. The van der Waals surface area contributed by atoms with Crippen LogP contribution in [0.5, 0.6) is 5.75 Å². The van der Waals surface area contributed by atoms with E-state index in [0.717, 1.165) is 0 Å². The lowest BCUT2D eigenvalue weighted by Gasteiger charge is -2.09. The van der Waals surface area contributed by atoms with Crippen molar-refractivity contribution >= 4 is 34.1 Å². The van der Waals surface area contributed by atoms with Crippen molar-refractivity contribution < 1.29 is 9.13 Å². The molecule has 0 atom stereocenters. The summed E-state index contributed by atoms with van der Waals surface area (Å²) in [5, 5.41) is 0.987. The summed E-state index contributed by atoms with van der Waals surface area (Å²) in [4.78, 5) is 16.7. The summed E-state index contributed by atoms with van der Waals surface area (Å²) in [6, 6.07) is 7.56. The Morgan fingerprint density at radius 2 is 2.04 bits per heavy atom. The minimum atomic E-state index is -0.488. The highest BCUT2D eigenvalue weighted by molar-refractivity contribution is 6.38. The maximum absolute atomic E-state index is 13.7. The first kappa shape index (κ1) is 15.8. The Kier molecular flexibility index (Phi) is 4.24. The van der Waals surface area contributed by atoms with Crippen LogP contribution in [-0.4, -0.2) is 16.7 Å². The fraction of sp³-hybridized carbons (Fsp3) is 0.125. The number of hydrogen-bond acceptors (Lipinski definition) is 3. The average Bonchev–Trinajstić information content (AvgIpc) is 2.51. The Morgan fingerprint density at radius 1 is 1.26 bits per heavy atom. The Labute approximate surface area is 141 Å². The van der Waals surface area contributed by atoms with Crippen LogP contribution in [-0.2, 0) is 6.54 Å². The van der Waals surface area contributed by atoms with Crippen LogP contribution in [0.2, 0.25) is 10.0 Å². The molecule has 3 aromatic rings. The van der Waals surface area contributed by atoms with Crippen LogP contribution >= 0.6 is 23.2 Å². The molecule has 1 heterocycles. The Hall–Kier alpha value is -2.11. The number of benzene rings is 2. The average molecular weight is 353 g/mol. The van der Waals surface area contributed by atoms with Gasteiger partial charge in [0.25, 0.3) is 5.56 Å². The molecule has 0 aliphatic carbocycles. The van der Waals surface area contributed by atoms with Crippen molar-refractivity contribution in [3.8, 4) is 5.75 Å². The molecule has 0 saturated heterocycles. The smallest absolute Gasteiger partial charge is 0.261 e. The minimum Gasteiger partial charge on any atom is -0.494 e. The predicted octanol–water partition coefficient (Wildman–Crippen LogP) is 3.90. The second-order valence-electron chi connectivity index (χ2n) is 4.93. The number of ether oxygens (including phenoxy) is 1. The standard InChI is InChI=1S/C16H11Cl2FN2O2/c1-23-14-3-2-9(4-13(14)19)7-21-8-20-15-11(16(21)22)5-10(17)6-12(15)18/h2-6,8H,7H2,1H3. The van der Waals surface area contributed by atoms with Crippen molar-refractivity contribution in [3.05, 3.63) is 68.4 Å². The van der Waals surface area contributed by atoms with Crippen molar-refractivity contribution in [1.29, 1.82) is 0 Å². The summed E-state index contributed by atoms with van der Waals surface area (Å²) in [6.45, 7) is 0.173. The summed E-state index contributed by atoms with van der Waals surface area (Å²) in [5.41, 5.74) is 0.702. The van der Waals surface area contributed by atoms with Gasteiger partial charge in [-0.25, -0.2) is 9.37 Å². The second kappa shape index (κ2) is 6.18. The molecular weight excluding hydrogens is 342 g/mol. The summed E-state index contributed by atoms with van der Waals surface area (Å²) in [5.74, 6) is -0.339.